The van der Waals surface area contributed by atoms with Crippen LogP contribution in [0, 0.1) is 17.3 Å². The van der Waals surface area contributed by atoms with E-state index in [0.29, 0.717) is 5.92 Å². The Bertz CT molecular complexity index is 510. The molecule has 3 rings (SSSR count). The second kappa shape index (κ2) is 6.67. The predicted octanol–water partition coefficient (Wildman–Crippen LogP) is 5.69. The summed E-state index contributed by atoms with van der Waals surface area (Å²) in [5.74, 6) is 0.607. The van der Waals surface area contributed by atoms with E-state index in [2.05, 4.69) is 40.8 Å². The van der Waals surface area contributed by atoms with Gasteiger partial charge in [-0.15, -0.1) is 0 Å². The van der Waals surface area contributed by atoms with E-state index in [1.54, 1.807) is 0 Å². The number of rotatable bonds is 5. The fourth-order valence-corrected chi connectivity index (χ4v) is 6.88. The lowest BCUT2D eigenvalue weighted by molar-refractivity contribution is -0.197. The summed E-state index contributed by atoms with van der Waals surface area (Å²) in [6, 6.07) is 0. The normalized spacial score (nSPS) is 38.4. The number of fused-ring (bicyclic) bond motifs is 1. The van der Waals surface area contributed by atoms with Crippen molar-refractivity contribution < 1.29 is 14.0 Å². The number of carbonyl (C=O) groups is 1. The third-order valence-electron chi connectivity index (χ3n) is 7.85. The van der Waals surface area contributed by atoms with Crippen molar-refractivity contribution in [1.82, 2.24) is 0 Å². The van der Waals surface area contributed by atoms with Crippen LogP contribution in [0.4, 0.5) is 0 Å². The Labute approximate surface area is 155 Å². The molecule has 1 saturated heterocycles. The molecular formula is C21H38O3Si. The van der Waals surface area contributed by atoms with Crippen molar-refractivity contribution in [3.8, 4) is 0 Å². The summed E-state index contributed by atoms with van der Waals surface area (Å²) in [5, 5.41) is 0.179. The van der Waals surface area contributed by atoms with Gasteiger partial charge in [-0.1, -0.05) is 40.5 Å². The average Bonchev–Trinajstić information content (AvgIpc) is 2.83. The van der Waals surface area contributed by atoms with Crippen molar-refractivity contribution in [2.45, 2.75) is 109 Å². The topological polar surface area (TPSA) is 35.5 Å². The number of ether oxygens (including phenoxy) is 1. The van der Waals surface area contributed by atoms with Crippen molar-refractivity contribution in [2.75, 3.05) is 0 Å². The zero-order valence-corrected chi connectivity index (χ0v) is 18.2. The number of hydrogen-bond acceptors (Lipinski definition) is 3. The maximum atomic E-state index is 13.0. The van der Waals surface area contributed by atoms with Crippen LogP contribution in [-0.4, -0.2) is 26.5 Å². The number of hydrogen-bond donors (Lipinski definition) is 0. The van der Waals surface area contributed by atoms with Crippen LogP contribution in [0.15, 0.2) is 0 Å². The van der Waals surface area contributed by atoms with Gasteiger partial charge in [0.2, 0.25) is 0 Å². The van der Waals surface area contributed by atoms with Crippen LogP contribution in [-0.2, 0) is 14.0 Å². The summed E-state index contributed by atoms with van der Waals surface area (Å²) in [4.78, 5) is 13.0. The van der Waals surface area contributed by atoms with Crippen LogP contribution in [0.5, 0.6) is 0 Å². The van der Waals surface area contributed by atoms with E-state index >= 15 is 0 Å². The molecule has 0 amide bonds. The van der Waals surface area contributed by atoms with E-state index in [-0.39, 0.29) is 34.5 Å². The Kier molecular flexibility index (Phi) is 5.18. The molecule has 0 N–H and O–H groups in total. The van der Waals surface area contributed by atoms with Gasteiger partial charge >= 0.3 is 5.97 Å². The first-order valence-corrected chi connectivity index (χ1v) is 13.4. The van der Waals surface area contributed by atoms with Crippen LogP contribution in [0.2, 0.25) is 18.1 Å². The van der Waals surface area contributed by atoms with Crippen LogP contribution < -0.4 is 0 Å². The van der Waals surface area contributed by atoms with Gasteiger partial charge in [-0.3, -0.25) is 4.79 Å². The van der Waals surface area contributed by atoms with Crippen LogP contribution in [0.3, 0.4) is 0 Å². The number of carbonyl (C=O) groups excluding carboxylic acids is 1. The fourth-order valence-electron chi connectivity index (χ4n) is 5.52. The Morgan fingerprint density at radius 3 is 2.60 bits per heavy atom. The largest absolute Gasteiger partial charge is 0.462 e. The van der Waals surface area contributed by atoms with E-state index < -0.39 is 8.32 Å². The third kappa shape index (κ3) is 3.22. The van der Waals surface area contributed by atoms with Crippen LogP contribution >= 0.6 is 0 Å². The molecule has 0 unspecified atom stereocenters. The van der Waals surface area contributed by atoms with Crippen LogP contribution in [0.1, 0.15) is 79.1 Å². The molecule has 4 heteroatoms. The van der Waals surface area contributed by atoms with E-state index in [0.717, 1.165) is 19.3 Å². The molecule has 1 heterocycles. The first-order chi connectivity index (χ1) is 11.6. The zero-order chi connectivity index (χ0) is 18.5. The molecule has 0 aromatic carbocycles. The van der Waals surface area contributed by atoms with Gasteiger partial charge in [0.25, 0.3) is 0 Å². The Hall–Kier alpha value is -0.353. The van der Waals surface area contributed by atoms with E-state index in [4.69, 9.17) is 9.16 Å². The van der Waals surface area contributed by atoms with Crippen molar-refractivity contribution >= 4 is 14.3 Å². The maximum Gasteiger partial charge on any atom is 0.312 e. The highest BCUT2D eigenvalue weighted by Crippen LogP contribution is 2.62. The SMILES string of the molecule is CCCC[C@@H]1[C@@H]2CCC[C@]13CC[C@@H](O[Si](C)(C)C(C)(C)C)[C@@H]3C(=O)O2. The third-order valence-corrected chi connectivity index (χ3v) is 12.4. The summed E-state index contributed by atoms with van der Waals surface area (Å²) in [7, 11) is -1.88. The Morgan fingerprint density at radius 1 is 1.24 bits per heavy atom. The van der Waals surface area contributed by atoms with Crippen molar-refractivity contribution in [2.24, 2.45) is 17.3 Å². The number of unbranched alkanes of at least 4 members (excludes halogenated alkanes) is 1. The van der Waals surface area contributed by atoms with E-state index in [9.17, 15) is 4.79 Å². The second-order valence-electron chi connectivity index (χ2n) is 10.3. The first kappa shape index (κ1) is 19.4. The summed E-state index contributed by atoms with van der Waals surface area (Å²) in [6.07, 6.45) is 9.65. The molecular weight excluding hydrogens is 328 g/mol. The first-order valence-electron chi connectivity index (χ1n) is 10.5. The molecule has 2 saturated carbocycles. The van der Waals surface area contributed by atoms with Gasteiger partial charge in [-0.05, 0) is 62.1 Å². The second-order valence-corrected chi connectivity index (χ2v) is 15.0. The summed E-state index contributed by atoms with van der Waals surface area (Å²) >= 11 is 0. The quantitative estimate of drug-likeness (QED) is 0.463. The van der Waals surface area contributed by atoms with Crippen molar-refractivity contribution in [1.29, 1.82) is 0 Å². The predicted molar refractivity (Wildman–Crippen MR) is 104 cm³/mol. The highest BCUT2D eigenvalue weighted by Gasteiger charge is 2.64. The summed E-state index contributed by atoms with van der Waals surface area (Å²) < 4.78 is 12.8. The van der Waals surface area contributed by atoms with Gasteiger partial charge < -0.3 is 9.16 Å². The van der Waals surface area contributed by atoms with Gasteiger partial charge in [-0.25, -0.2) is 0 Å². The highest BCUT2D eigenvalue weighted by molar-refractivity contribution is 6.74. The molecule has 3 aliphatic rings. The molecule has 1 spiro atoms. The maximum absolute atomic E-state index is 13.0. The molecule has 25 heavy (non-hydrogen) atoms. The lowest BCUT2D eigenvalue weighted by atomic mass is 9.57. The molecule has 2 aliphatic carbocycles. The summed E-state index contributed by atoms with van der Waals surface area (Å²) in [5.41, 5.74) is 0.167. The van der Waals surface area contributed by atoms with Gasteiger partial charge in [-0.2, -0.15) is 0 Å². The van der Waals surface area contributed by atoms with Gasteiger partial charge in [0.15, 0.2) is 8.32 Å². The summed E-state index contributed by atoms with van der Waals surface area (Å²) in [6.45, 7) is 13.7. The monoisotopic (exact) mass is 366 g/mol. The molecule has 0 aromatic heterocycles. The number of esters is 1. The standard InChI is InChI=1S/C21H38O3Si/c1-7-8-10-15-16-11-9-13-21(15)14-12-17(18(21)19(22)23-16)24-25(5,6)20(2,3)4/h15-18H,7-14H2,1-6H3/t15-,16+,17-,18-,21+/m1/s1. The molecule has 3 nitrogen and oxygen atoms in total. The molecule has 2 bridgehead atoms. The van der Waals surface area contributed by atoms with E-state index in [1.165, 1.54) is 32.1 Å². The molecule has 1 aliphatic heterocycles. The van der Waals surface area contributed by atoms with Gasteiger partial charge in [0.05, 0.1) is 12.0 Å². The molecule has 5 atom stereocenters. The van der Waals surface area contributed by atoms with E-state index in [1.807, 2.05) is 0 Å². The smallest absolute Gasteiger partial charge is 0.312 e. The minimum Gasteiger partial charge on any atom is -0.462 e. The Morgan fingerprint density at radius 2 is 1.96 bits per heavy atom. The lowest BCUT2D eigenvalue weighted by Gasteiger charge is -2.53. The minimum atomic E-state index is -1.88. The fraction of sp³-hybridized carbons (Fsp3) is 0.952. The Balaban J connectivity index is 1.86. The molecule has 144 valence electrons. The average molecular weight is 367 g/mol. The van der Waals surface area contributed by atoms with Crippen molar-refractivity contribution in [3.05, 3.63) is 0 Å². The van der Waals surface area contributed by atoms with Crippen molar-refractivity contribution in [3.63, 3.8) is 0 Å². The highest BCUT2D eigenvalue weighted by atomic mass is 28.4. The van der Waals surface area contributed by atoms with Gasteiger partial charge in [0, 0.05) is 5.92 Å². The molecule has 0 radical (unpaired) electrons. The molecule has 3 fully saturated rings. The molecule has 0 aromatic rings. The lowest BCUT2D eigenvalue weighted by Crippen LogP contribution is -2.57. The van der Waals surface area contributed by atoms with Gasteiger partial charge in [0.1, 0.15) is 6.10 Å². The minimum absolute atomic E-state index is 0.0139. The zero-order valence-electron chi connectivity index (χ0n) is 17.2. The van der Waals surface area contributed by atoms with Crippen LogP contribution in [0.25, 0.3) is 0 Å².